The number of benzene rings is 3. The van der Waals surface area contributed by atoms with E-state index >= 15 is 0 Å². The first-order valence-corrected chi connectivity index (χ1v) is 11.0. The van der Waals surface area contributed by atoms with Gasteiger partial charge < -0.3 is 4.74 Å². The van der Waals surface area contributed by atoms with Gasteiger partial charge in [-0.25, -0.2) is 4.79 Å². The van der Waals surface area contributed by atoms with E-state index in [1.54, 1.807) is 21.9 Å². The molecule has 0 spiro atoms. The van der Waals surface area contributed by atoms with Gasteiger partial charge in [-0.05, 0) is 35.7 Å². The second kappa shape index (κ2) is 8.48. The first-order valence-electron chi connectivity index (χ1n) is 11.0. The number of hydrogen-bond acceptors (Lipinski definition) is 3. The minimum Gasteiger partial charge on any atom is -0.444 e. The van der Waals surface area contributed by atoms with Crippen molar-refractivity contribution >= 4 is 17.7 Å². The predicted octanol–water partition coefficient (Wildman–Crippen LogP) is 4.98. The Kier molecular flexibility index (Phi) is 5.35. The molecule has 0 saturated carbocycles. The van der Waals surface area contributed by atoms with Crippen LogP contribution < -0.4 is 4.90 Å². The molecule has 1 saturated heterocycles. The molecule has 33 heavy (non-hydrogen) atoms. The van der Waals surface area contributed by atoms with Crippen LogP contribution in [-0.2, 0) is 16.8 Å². The number of rotatable bonds is 4. The number of carbonyl (C=O) groups excluding carboxylic acids is 2. The fourth-order valence-electron chi connectivity index (χ4n) is 5.16. The topological polar surface area (TPSA) is 49.9 Å². The molecule has 3 aromatic rings. The molecule has 2 aliphatic rings. The second-order valence-corrected chi connectivity index (χ2v) is 8.45. The average molecular weight is 437 g/mol. The Bertz CT molecular complexity index is 1220. The maximum atomic E-state index is 13.7. The monoisotopic (exact) mass is 436 g/mol. The van der Waals surface area contributed by atoms with Crippen LogP contribution in [0.3, 0.4) is 0 Å². The molecule has 2 aliphatic heterocycles. The second-order valence-electron chi connectivity index (χ2n) is 8.45. The van der Waals surface area contributed by atoms with Crippen molar-refractivity contribution in [2.75, 3.05) is 11.4 Å². The number of nitrogens with zero attached hydrogens (tertiary/aromatic N) is 2. The highest BCUT2D eigenvalue weighted by Gasteiger charge is 2.60. The molecule has 2 amide bonds. The zero-order valence-corrected chi connectivity index (χ0v) is 18.2. The van der Waals surface area contributed by atoms with Gasteiger partial charge in [0.25, 0.3) is 5.91 Å². The van der Waals surface area contributed by atoms with E-state index in [-0.39, 0.29) is 12.5 Å². The lowest BCUT2D eigenvalue weighted by Gasteiger charge is -2.36. The fourth-order valence-corrected chi connectivity index (χ4v) is 5.16. The number of para-hydroxylation sites is 1. The number of fused-ring (bicyclic) bond motifs is 3. The molecule has 0 bridgehead atoms. The molecule has 0 aliphatic carbocycles. The largest absolute Gasteiger partial charge is 0.444 e. The summed E-state index contributed by atoms with van der Waals surface area (Å²) in [5, 5.41) is 0. The number of likely N-dealkylation sites (tertiary alicyclic amines) is 1. The van der Waals surface area contributed by atoms with Crippen molar-refractivity contribution in [1.82, 2.24) is 4.90 Å². The molecule has 0 unspecified atom stereocenters. The number of anilines is 1. The van der Waals surface area contributed by atoms with Crippen LogP contribution in [0.4, 0.5) is 10.5 Å². The van der Waals surface area contributed by atoms with E-state index in [0.29, 0.717) is 24.9 Å². The van der Waals surface area contributed by atoms with Gasteiger partial charge in [-0.3, -0.25) is 14.6 Å². The van der Waals surface area contributed by atoms with Crippen molar-refractivity contribution in [1.29, 1.82) is 0 Å². The Morgan fingerprint density at radius 2 is 1.64 bits per heavy atom. The summed E-state index contributed by atoms with van der Waals surface area (Å²) in [5.74, 6) is 2.65. The van der Waals surface area contributed by atoms with Crippen molar-refractivity contribution in [3.05, 3.63) is 102 Å². The van der Waals surface area contributed by atoms with Crippen molar-refractivity contribution in [2.45, 2.75) is 31.0 Å². The quantitative estimate of drug-likeness (QED) is 0.542. The molecule has 1 fully saturated rings. The first-order chi connectivity index (χ1) is 16.2. The molecule has 3 aromatic carbocycles. The minimum absolute atomic E-state index is 0.158. The summed E-state index contributed by atoms with van der Waals surface area (Å²) >= 11 is 0. The molecule has 0 radical (unpaired) electrons. The van der Waals surface area contributed by atoms with E-state index in [9.17, 15) is 9.59 Å². The summed E-state index contributed by atoms with van der Waals surface area (Å²) < 4.78 is 5.67. The van der Waals surface area contributed by atoms with Gasteiger partial charge in [0.15, 0.2) is 0 Å². The van der Waals surface area contributed by atoms with E-state index < -0.39 is 17.7 Å². The number of ether oxygens (including phenoxy) is 1. The smallest absolute Gasteiger partial charge is 0.411 e. The molecule has 2 heterocycles. The van der Waals surface area contributed by atoms with Gasteiger partial charge >= 0.3 is 6.09 Å². The average Bonchev–Trinajstić information content (AvgIpc) is 3.36. The van der Waals surface area contributed by atoms with E-state index in [1.807, 2.05) is 72.8 Å². The highest BCUT2D eigenvalue weighted by atomic mass is 16.6. The molecule has 5 heteroatoms. The summed E-state index contributed by atoms with van der Waals surface area (Å²) in [6.45, 7) is 0.636. The Hall–Kier alpha value is -4.04. The van der Waals surface area contributed by atoms with E-state index in [2.05, 4.69) is 5.92 Å². The Morgan fingerprint density at radius 1 is 0.970 bits per heavy atom. The molecule has 2 atom stereocenters. The number of carbonyl (C=O) groups is 2. The van der Waals surface area contributed by atoms with Gasteiger partial charge in [-0.2, -0.15) is 0 Å². The third kappa shape index (κ3) is 3.44. The molecular formula is C28H24N2O3. The molecule has 0 aromatic heterocycles. The molecular weight excluding hydrogens is 412 g/mol. The lowest BCUT2D eigenvalue weighted by Crippen LogP contribution is -2.54. The van der Waals surface area contributed by atoms with Crippen LogP contribution in [-0.4, -0.2) is 29.6 Å². The van der Waals surface area contributed by atoms with E-state index in [1.165, 1.54) is 0 Å². The zero-order chi connectivity index (χ0) is 22.8. The van der Waals surface area contributed by atoms with Crippen molar-refractivity contribution in [3.8, 4) is 12.3 Å². The van der Waals surface area contributed by atoms with E-state index in [0.717, 1.165) is 16.8 Å². The third-order valence-corrected chi connectivity index (χ3v) is 6.63. The van der Waals surface area contributed by atoms with Crippen LogP contribution in [0.15, 0.2) is 84.9 Å². The lowest BCUT2D eigenvalue weighted by molar-refractivity contribution is 0.0799. The molecule has 5 rings (SSSR count). The number of hydrogen-bond donors (Lipinski definition) is 0. The highest BCUT2D eigenvalue weighted by Crippen LogP contribution is 2.54. The summed E-state index contributed by atoms with van der Waals surface area (Å²) in [6.07, 6.45) is 5.92. The maximum Gasteiger partial charge on any atom is 0.411 e. The summed E-state index contributed by atoms with van der Waals surface area (Å²) in [7, 11) is 0. The van der Waals surface area contributed by atoms with Crippen molar-refractivity contribution in [3.63, 3.8) is 0 Å². The van der Waals surface area contributed by atoms with Crippen molar-refractivity contribution in [2.24, 2.45) is 0 Å². The highest BCUT2D eigenvalue weighted by molar-refractivity contribution is 6.08. The van der Waals surface area contributed by atoms with Crippen LogP contribution in [0.25, 0.3) is 0 Å². The van der Waals surface area contributed by atoms with Gasteiger partial charge in [0.05, 0.1) is 5.69 Å². The molecule has 5 nitrogen and oxygen atoms in total. The SMILES string of the molecule is C#CC[C@@]12CCN(C(=O)OCc3ccccc3)[C@@H]1N(C(=O)c1ccccc1)c1ccccc12. The molecule has 164 valence electrons. The number of terminal acetylenes is 1. The minimum atomic E-state index is -0.540. The van der Waals surface area contributed by atoms with Gasteiger partial charge in [-0.1, -0.05) is 66.7 Å². The lowest BCUT2D eigenvalue weighted by atomic mass is 9.76. The van der Waals surface area contributed by atoms with Gasteiger partial charge in [0.2, 0.25) is 0 Å². The van der Waals surface area contributed by atoms with Crippen LogP contribution in [0.5, 0.6) is 0 Å². The van der Waals surface area contributed by atoms with Crippen LogP contribution >= 0.6 is 0 Å². The van der Waals surface area contributed by atoms with Gasteiger partial charge in [0, 0.05) is 23.9 Å². The van der Waals surface area contributed by atoms with Crippen molar-refractivity contribution < 1.29 is 14.3 Å². The Balaban J connectivity index is 1.53. The van der Waals surface area contributed by atoms with E-state index in [4.69, 9.17) is 11.2 Å². The van der Waals surface area contributed by atoms with Gasteiger partial charge in [-0.15, -0.1) is 12.3 Å². The zero-order valence-electron chi connectivity index (χ0n) is 18.2. The summed E-state index contributed by atoms with van der Waals surface area (Å²) in [5.41, 5.74) is 2.75. The van der Waals surface area contributed by atoms with Crippen LogP contribution in [0, 0.1) is 12.3 Å². The summed E-state index contributed by atoms with van der Waals surface area (Å²) in [6, 6.07) is 26.5. The van der Waals surface area contributed by atoms with Crippen LogP contribution in [0.2, 0.25) is 0 Å². The fraction of sp³-hybridized carbons (Fsp3) is 0.214. The van der Waals surface area contributed by atoms with Crippen LogP contribution in [0.1, 0.15) is 34.3 Å². The normalized spacial score (nSPS) is 20.6. The van der Waals surface area contributed by atoms with Gasteiger partial charge in [0.1, 0.15) is 12.8 Å². The standard InChI is InChI=1S/C28H24N2O3/c1-2-17-28-18-19-29(27(32)33-20-21-11-5-3-6-12-21)26(28)30(24-16-10-9-15-23(24)28)25(31)22-13-7-4-8-14-22/h1,3-16,26H,17-20H2/t26-,28+/m1/s1. The predicted molar refractivity (Wildman–Crippen MR) is 127 cm³/mol. The number of amides is 2. The third-order valence-electron chi connectivity index (χ3n) is 6.63. The first kappa shape index (κ1) is 20.8. The molecule has 0 N–H and O–H groups in total. The Labute approximate surface area is 193 Å². The maximum absolute atomic E-state index is 13.7. The Morgan fingerprint density at radius 3 is 2.36 bits per heavy atom. The summed E-state index contributed by atoms with van der Waals surface area (Å²) in [4.78, 5) is 30.4.